The van der Waals surface area contributed by atoms with Crippen molar-refractivity contribution in [2.24, 2.45) is 0 Å². The van der Waals surface area contributed by atoms with Gasteiger partial charge in [-0.2, -0.15) is 0 Å². The zero-order valence-electron chi connectivity index (χ0n) is 11.1. The van der Waals surface area contributed by atoms with Crippen LogP contribution in [0.5, 0.6) is 0 Å². The van der Waals surface area contributed by atoms with Crippen molar-refractivity contribution in [2.75, 3.05) is 20.1 Å². The SMILES string of the molecule is CN(CCC(=O)O)C(=O)NCCCCn1ccnc1. The van der Waals surface area contributed by atoms with Gasteiger partial charge in [-0.25, -0.2) is 9.78 Å². The average molecular weight is 268 g/mol. The highest BCUT2D eigenvalue weighted by molar-refractivity contribution is 5.74. The third-order valence-corrected chi connectivity index (χ3v) is 2.69. The Balaban J connectivity index is 2.04. The van der Waals surface area contributed by atoms with E-state index in [4.69, 9.17) is 5.11 Å². The number of aryl methyl sites for hydroxylation is 1. The number of unbranched alkanes of at least 4 members (excludes halogenated alkanes) is 1. The topological polar surface area (TPSA) is 87.5 Å². The van der Waals surface area contributed by atoms with Crippen molar-refractivity contribution in [1.29, 1.82) is 0 Å². The van der Waals surface area contributed by atoms with E-state index >= 15 is 0 Å². The zero-order chi connectivity index (χ0) is 14.1. The minimum atomic E-state index is -0.903. The Morgan fingerprint density at radius 1 is 1.42 bits per heavy atom. The van der Waals surface area contributed by atoms with Crippen molar-refractivity contribution in [3.05, 3.63) is 18.7 Å². The molecule has 19 heavy (non-hydrogen) atoms. The lowest BCUT2D eigenvalue weighted by molar-refractivity contribution is -0.137. The van der Waals surface area contributed by atoms with Gasteiger partial charge < -0.3 is 19.9 Å². The molecule has 7 heteroatoms. The van der Waals surface area contributed by atoms with Crippen molar-refractivity contribution >= 4 is 12.0 Å². The summed E-state index contributed by atoms with van der Waals surface area (Å²) in [6.07, 6.45) is 7.19. The summed E-state index contributed by atoms with van der Waals surface area (Å²) < 4.78 is 1.99. The van der Waals surface area contributed by atoms with E-state index < -0.39 is 5.97 Å². The molecule has 1 rings (SSSR count). The molecular weight excluding hydrogens is 248 g/mol. The van der Waals surface area contributed by atoms with Gasteiger partial charge in [0.05, 0.1) is 12.7 Å². The first kappa shape index (κ1) is 15.0. The molecule has 0 bridgehead atoms. The first-order chi connectivity index (χ1) is 9.09. The molecule has 0 saturated heterocycles. The van der Waals surface area contributed by atoms with Crippen molar-refractivity contribution in [3.8, 4) is 0 Å². The number of nitrogens with one attached hydrogen (secondary N) is 1. The molecule has 0 aliphatic rings. The predicted octanol–water partition coefficient (Wildman–Crippen LogP) is 0.779. The van der Waals surface area contributed by atoms with Crippen molar-refractivity contribution < 1.29 is 14.7 Å². The summed E-state index contributed by atoms with van der Waals surface area (Å²) in [5.41, 5.74) is 0. The lowest BCUT2D eigenvalue weighted by Gasteiger charge is -2.16. The standard InChI is InChI=1S/C12H20N4O3/c1-15(8-4-11(17)18)12(19)14-5-2-3-7-16-9-6-13-10-16/h6,9-10H,2-5,7-8H2,1H3,(H,14,19)(H,17,18). The average Bonchev–Trinajstić information content (AvgIpc) is 2.88. The number of carbonyl (C=O) groups excluding carboxylic acids is 1. The van der Waals surface area contributed by atoms with Crippen LogP contribution < -0.4 is 5.32 Å². The van der Waals surface area contributed by atoms with E-state index in [1.165, 1.54) is 4.90 Å². The fourth-order valence-electron chi connectivity index (χ4n) is 1.53. The molecule has 2 amide bonds. The zero-order valence-corrected chi connectivity index (χ0v) is 11.1. The summed E-state index contributed by atoms with van der Waals surface area (Å²) in [4.78, 5) is 27.3. The fraction of sp³-hybridized carbons (Fsp3) is 0.583. The van der Waals surface area contributed by atoms with Crippen LogP contribution in [-0.2, 0) is 11.3 Å². The number of aliphatic carboxylic acids is 1. The van der Waals surface area contributed by atoms with Gasteiger partial charge in [-0.1, -0.05) is 0 Å². The second kappa shape index (κ2) is 8.12. The fourth-order valence-corrected chi connectivity index (χ4v) is 1.53. The van der Waals surface area contributed by atoms with Crippen LogP contribution in [0.3, 0.4) is 0 Å². The predicted molar refractivity (Wildman–Crippen MR) is 69.7 cm³/mol. The van der Waals surface area contributed by atoms with Gasteiger partial charge in [0.15, 0.2) is 0 Å². The number of hydrogen-bond acceptors (Lipinski definition) is 3. The second-order valence-electron chi connectivity index (χ2n) is 4.30. The van der Waals surface area contributed by atoms with Crippen LogP contribution in [0.1, 0.15) is 19.3 Å². The lowest BCUT2D eigenvalue weighted by Crippen LogP contribution is -2.38. The number of carboxylic acids is 1. The third kappa shape index (κ3) is 6.44. The maximum atomic E-state index is 11.6. The number of hydrogen-bond donors (Lipinski definition) is 2. The summed E-state index contributed by atoms with van der Waals surface area (Å²) in [5.74, 6) is -0.903. The van der Waals surface area contributed by atoms with Crippen LogP contribution in [0, 0.1) is 0 Å². The molecule has 1 heterocycles. The third-order valence-electron chi connectivity index (χ3n) is 2.69. The number of aromatic nitrogens is 2. The number of urea groups is 1. The number of carbonyl (C=O) groups is 2. The minimum Gasteiger partial charge on any atom is -0.481 e. The van der Waals surface area contributed by atoms with Crippen LogP contribution in [0.15, 0.2) is 18.7 Å². The Kier molecular flexibility index (Phi) is 6.42. The van der Waals surface area contributed by atoms with Gasteiger partial charge in [0, 0.05) is 39.1 Å². The Morgan fingerprint density at radius 3 is 2.84 bits per heavy atom. The smallest absolute Gasteiger partial charge is 0.317 e. The molecule has 0 radical (unpaired) electrons. The number of nitrogens with zero attached hydrogens (tertiary/aromatic N) is 3. The highest BCUT2D eigenvalue weighted by Crippen LogP contribution is 1.95. The first-order valence-electron chi connectivity index (χ1n) is 6.26. The van der Waals surface area contributed by atoms with Crippen LogP contribution in [0.4, 0.5) is 4.79 Å². The molecule has 0 saturated carbocycles. The molecule has 0 spiro atoms. The van der Waals surface area contributed by atoms with E-state index in [-0.39, 0.29) is 19.0 Å². The molecule has 0 atom stereocenters. The maximum Gasteiger partial charge on any atom is 0.317 e. The minimum absolute atomic E-state index is 0.0372. The molecular formula is C12H20N4O3. The number of carboxylic acid groups (broad SMARTS) is 1. The molecule has 0 unspecified atom stereocenters. The molecule has 1 aromatic heterocycles. The highest BCUT2D eigenvalue weighted by atomic mass is 16.4. The van der Waals surface area contributed by atoms with Gasteiger partial charge in [0.25, 0.3) is 0 Å². The van der Waals surface area contributed by atoms with Gasteiger partial charge in [-0.05, 0) is 12.8 Å². The van der Waals surface area contributed by atoms with Crippen LogP contribution >= 0.6 is 0 Å². The van der Waals surface area contributed by atoms with E-state index in [0.717, 1.165) is 19.4 Å². The van der Waals surface area contributed by atoms with Gasteiger partial charge in [0.2, 0.25) is 0 Å². The van der Waals surface area contributed by atoms with Crippen molar-refractivity contribution in [2.45, 2.75) is 25.8 Å². The maximum absolute atomic E-state index is 11.6. The molecule has 0 fully saturated rings. The number of amides is 2. The van der Waals surface area contributed by atoms with Crippen molar-refractivity contribution in [3.63, 3.8) is 0 Å². The summed E-state index contributed by atoms with van der Waals surface area (Å²) >= 11 is 0. The summed E-state index contributed by atoms with van der Waals surface area (Å²) in [6, 6.07) is -0.233. The number of imidazole rings is 1. The molecule has 7 nitrogen and oxygen atoms in total. The van der Waals surface area contributed by atoms with Crippen LogP contribution in [0.25, 0.3) is 0 Å². The monoisotopic (exact) mass is 268 g/mol. The number of rotatable bonds is 8. The summed E-state index contributed by atoms with van der Waals surface area (Å²) in [6.45, 7) is 1.69. The summed E-state index contributed by atoms with van der Waals surface area (Å²) in [5, 5.41) is 11.3. The molecule has 0 aliphatic carbocycles. The lowest BCUT2D eigenvalue weighted by atomic mass is 10.3. The Hall–Kier alpha value is -2.05. The Bertz CT molecular complexity index is 392. The first-order valence-corrected chi connectivity index (χ1v) is 6.26. The molecule has 2 N–H and O–H groups in total. The van der Waals surface area contributed by atoms with E-state index in [1.54, 1.807) is 19.6 Å². The second-order valence-corrected chi connectivity index (χ2v) is 4.30. The normalized spacial score (nSPS) is 10.2. The van der Waals surface area contributed by atoms with E-state index in [0.29, 0.717) is 6.54 Å². The van der Waals surface area contributed by atoms with Crippen molar-refractivity contribution in [1.82, 2.24) is 19.8 Å². The summed E-state index contributed by atoms with van der Waals surface area (Å²) in [7, 11) is 1.59. The van der Waals surface area contributed by atoms with E-state index in [9.17, 15) is 9.59 Å². The van der Waals surface area contributed by atoms with Gasteiger partial charge in [-0.15, -0.1) is 0 Å². The van der Waals surface area contributed by atoms with Crippen LogP contribution in [0.2, 0.25) is 0 Å². The Morgan fingerprint density at radius 2 is 2.21 bits per heavy atom. The quantitative estimate of drug-likeness (QED) is 0.682. The highest BCUT2D eigenvalue weighted by Gasteiger charge is 2.08. The molecule has 106 valence electrons. The molecule has 0 aliphatic heterocycles. The van der Waals surface area contributed by atoms with Gasteiger partial charge in [-0.3, -0.25) is 4.79 Å². The van der Waals surface area contributed by atoms with E-state index in [1.807, 2.05) is 10.8 Å². The largest absolute Gasteiger partial charge is 0.481 e. The molecule has 1 aromatic rings. The van der Waals surface area contributed by atoms with E-state index in [2.05, 4.69) is 10.3 Å². The van der Waals surface area contributed by atoms with Gasteiger partial charge >= 0.3 is 12.0 Å². The Labute approximate surface area is 112 Å². The van der Waals surface area contributed by atoms with Gasteiger partial charge in [0.1, 0.15) is 0 Å². The van der Waals surface area contributed by atoms with Crippen LogP contribution in [-0.4, -0.2) is 51.7 Å². The molecule has 0 aromatic carbocycles.